The Kier molecular flexibility index (Phi) is 7.96. The quantitative estimate of drug-likeness (QED) is 0.278. The minimum atomic E-state index is -4.02. The van der Waals surface area contributed by atoms with Crippen molar-refractivity contribution in [2.24, 2.45) is 0 Å². The highest BCUT2D eigenvalue weighted by Crippen LogP contribution is 2.28. The number of nitrogens with zero attached hydrogens (tertiary/aromatic N) is 1. The smallest absolute Gasteiger partial charge is 0.407 e. The first kappa shape index (κ1) is 27.4. The van der Waals surface area contributed by atoms with E-state index in [4.69, 9.17) is 4.74 Å². The molecule has 0 fully saturated rings. The summed E-state index contributed by atoms with van der Waals surface area (Å²) in [5.41, 5.74) is 2.18. The van der Waals surface area contributed by atoms with Crippen LogP contribution in [0, 0.1) is 6.92 Å². The Bertz CT molecular complexity index is 1520. The lowest BCUT2D eigenvalue weighted by Gasteiger charge is -2.20. The molecular weight excluding hydrogens is 522 g/mol. The lowest BCUT2D eigenvalue weighted by atomic mass is 10.0. The van der Waals surface area contributed by atoms with E-state index in [0.29, 0.717) is 11.1 Å². The van der Waals surface area contributed by atoms with E-state index in [1.54, 1.807) is 63.2 Å². The summed E-state index contributed by atoms with van der Waals surface area (Å²) in [4.78, 5) is 30.1. The number of carbonyl (C=O) groups is 2. The van der Waals surface area contributed by atoms with Crippen molar-refractivity contribution in [2.45, 2.75) is 50.8 Å². The average molecular weight is 552 g/mol. The summed E-state index contributed by atoms with van der Waals surface area (Å²) in [5.74, 6) is -0.457. The van der Waals surface area contributed by atoms with E-state index < -0.39 is 33.5 Å². The van der Waals surface area contributed by atoms with Gasteiger partial charge in [-0.05, 0) is 63.1 Å². The van der Waals surface area contributed by atoms with Crippen LogP contribution in [-0.4, -0.2) is 30.9 Å². The number of rotatable bonds is 8. The summed E-state index contributed by atoms with van der Waals surface area (Å²) < 4.78 is 35.2. The van der Waals surface area contributed by atoms with Gasteiger partial charge in [-0.1, -0.05) is 54.1 Å². The van der Waals surface area contributed by atoms with Crippen molar-refractivity contribution in [1.29, 1.82) is 0 Å². The molecule has 198 valence electrons. The van der Waals surface area contributed by atoms with Gasteiger partial charge < -0.3 is 10.1 Å². The number of sulfonamides is 1. The van der Waals surface area contributed by atoms with Gasteiger partial charge in [-0.25, -0.2) is 18.2 Å². The number of thiazole rings is 1. The first-order valence-electron chi connectivity index (χ1n) is 12.0. The van der Waals surface area contributed by atoms with Crippen LogP contribution in [0.3, 0.4) is 0 Å². The number of para-hydroxylation sites is 1. The minimum absolute atomic E-state index is 0.0587. The van der Waals surface area contributed by atoms with E-state index >= 15 is 0 Å². The van der Waals surface area contributed by atoms with Crippen LogP contribution in [0.2, 0.25) is 0 Å². The number of carbonyl (C=O) groups excluding carboxylic acids is 2. The van der Waals surface area contributed by atoms with Crippen LogP contribution in [0.25, 0.3) is 10.2 Å². The zero-order chi connectivity index (χ0) is 27.5. The number of aromatic nitrogens is 1. The Balaban J connectivity index is 1.61. The van der Waals surface area contributed by atoms with Gasteiger partial charge in [0.15, 0.2) is 5.01 Å². The number of Topliss-reactive ketones (excluding diaryl/α,β-unsaturated/α-hetero) is 1. The number of ketones is 1. The Hall–Kier alpha value is -3.60. The van der Waals surface area contributed by atoms with Gasteiger partial charge >= 0.3 is 6.09 Å². The zero-order valence-electron chi connectivity index (χ0n) is 21.5. The van der Waals surface area contributed by atoms with E-state index in [2.05, 4.69) is 15.0 Å². The number of amides is 1. The molecule has 0 aliphatic carbocycles. The van der Waals surface area contributed by atoms with Crippen molar-refractivity contribution in [1.82, 2.24) is 15.0 Å². The number of fused-ring (bicyclic) bond motifs is 1. The standard InChI is InChI=1S/C28H29N3O5S2/c1-18-9-15-21(16-10-18)38(34,35)31-24(25(32)26-30-22-7-5-6-8-23(22)37-26)20-13-11-19(12-14-20)17-29-27(33)36-28(2,3)4/h5-16,24,31H,17H2,1-4H3,(H,29,33). The van der Waals surface area contributed by atoms with Crippen LogP contribution in [-0.2, 0) is 21.3 Å². The van der Waals surface area contributed by atoms with Crippen LogP contribution in [0.5, 0.6) is 0 Å². The molecule has 0 spiro atoms. The third kappa shape index (κ3) is 6.83. The molecule has 8 nitrogen and oxygen atoms in total. The summed E-state index contributed by atoms with van der Waals surface area (Å²) in [6.07, 6.45) is -0.545. The summed E-state index contributed by atoms with van der Waals surface area (Å²) in [5, 5.41) is 2.89. The third-order valence-electron chi connectivity index (χ3n) is 5.52. The zero-order valence-corrected chi connectivity index (χ0v) is 23.2. The van der Waals surface area contributed by atoms with Gasteiger partial charge in [0.2, 0.25) is 15.8 Å². The lowest BCUT2D eigenvalue weighted by molar-refractivity contribution is 0.0523. The van der Waals surface area contributed by atoms with Crippen molar-refractivity contribution >= 4 is 43.5 Å². The fourth-order valence-corrected chi connectivity index (χ4v) is 5.75. The van der Waals surface area contributed by atoms with Gasteiger partial charge in [-0.3, -0.25) is 4.79 Å². The Morgan fingerprint density at radius 1 is 0.974 bits per heavy atom. The SMILES string of the molecule is Cc1ccc(S(=O)(=O)NC(C(=O)c2nc3ccccc3s2)c2ccc(CNC(=O)OC(C)(C)C)cc2)cc1. The normalized spacial score (nSPS) is 12.7. The molecule has 3 aromatic carbocycles. The van der Waals surface area contributed by atoms with Gasteiger partial charge in [0.25, 0.3) is 0 Å². The molecule has 0 saturated heterocycles. The van der Waals surface area contributed by atoms with Gasteiger partial charge in [0.05, 0.1) is 15.1 Å². The fourth-order valence-electron chi connectivity index (χ4n) is 3.63. The van der Waals surface area contributed by atoms with Gasteiger partial charge in [-0.15, -0.1) is 11.3 Å². The maximum absolute atomic E-state index is 13.7. The lowest BCUT2D eigenvalue weighted by Crippen LogP contribution is -2.34. The highest BCUT2D eigenvalue weighted by Gasteiger charge is 2.30. The van der Waals surface area contributed by atoms with E-state index in [-0.39, 0.29) is 16.4 Å². The van der Waals surface area contributed by atoms with E-state index in [0.717, 1.165) is 15.8 Å². The topological polar surface area (TPSA) is 114 Å². The summed E-state index contributed by atoms with van der Waals surface area (Å²) in [6.45, 7) is 7.41. The minimum Gasteiger partial charge on any atom is -0.444 e. The molecule has 10 heteroatoms. The number of hydrogen-bond acceptors (Lipinski definition) is 7. The van der Waals surface area contributed by atoms with Gasteiger partial charge in [0.1, 0.15) is 11.6 Å². The third-order valence-corrected chi connectivity index (χ3v) is 8.01. The maximum atomic E-state index is 13.7. The van der Waals surface area contributed by atoms with Gasteiger partial charge in [0, 0.05) is 6.54 Å². The molecule has 0 aliphatic heterocycles. The fraction of sp³-hybridized carbons (Fsp3) is 0.250. The summed E-state index contributed by atoms with van der Waals surface area (Å²) in [7, 11) is -4.02. The maximum Gasteiger partial charge on any atom is 0.407 e. The second-order valence-corrected chi connectivity index (χ2v) is 12.6. The van der Waals surface area contributed by atoms with Crippen molar-refractivity contribution in [2.75, 3.05) is 0 Å². The predicted molar refractivity (Wildman–Crippen MR) is 148 cm³/mol. The molecular formula is C28H29N3O5S2. The molecule has 1 amide bonds. The van der Waals surface area contributed by atoms with Crippen LogP contribution in [0.15, 0.2) is 77.7 Å². The Morgan fingerprint density at radius 3 is 2.26 bits per heavy atom. The Morgan fingerprint density at radius 2 is 1.63 bits per heavy atom. The number of nitrogens with one attached hydrogen (secondary N) is 2. The molecule has 0 saturated carbocycles. The van der Waals surface area contributed by atoms with E-state index in [1.165, 1.54) is 23.5 Å². The highest BCUT2D eigenvalue weighted by molar-refractivity contribution is 7.89. The monoisotopic (exact) mass is 551 g/mol. The molecule has 2 N–H and O–H groups in total. The van der Waals surface area contributed by atoms with Crippen LogP contribution >= 0.6 is 11.3 Å². The number of hydrogen-bond donors (Lipinski definition) is 2. The molecule has 4 rings (SSSR count). The predicted octanol–water partition coefficient (Wildman–Crippen LogP) is 5.53. The van der Waals surface area contributed by atoms with E-state index in [9.17, 15) is 18.0 Å². The number of alkyl carbamates (subject to hydrolysis) is 1. The van der Waals surface area contributed by atoms with Gasteiger partial charge in [-0.2, -0.15) is 4.72 Å². The molecule has 0 radical (unpaired) electrons. The molecule has 38 heavy (non-hydrogen) atoms. The molecule has 0 bridgehead atoms. The van der Waals surface area contributed by atoms with E-state index in [1.807, 2.05) is 25.1 Å². The molecule has 1 heterocycles. The van der Waals surface area contributed by atoms with Crippen LogP contribution in [0.1, 0.15) is 53.3 Å². The molecule has 0 aliphatic rings. The molecule has 1 atom stereocenters. The first-order chi connectivity index (χ1) is 17.9. The van der Waals surface area contributed by atoms with Crippen LogP contribution in [0.4, 0.5) is 4.79 Å². The number of benzene rings is 3. The summed E-state index contributed by atoms with van der Waals surface area (Å²) in [6, 6.07) is 19.4. The molecule has 4 aromatic rings. The highest BCUT2D eigenvalue weighted by atomic mass is 32.2. The van der Waals surface area contributed by atoms with Crippen molar-refractivity contribution in [3.8, 4) is 0 Å². The number of aryl methyl sites for hydroxylation is 1. The first-order valence-corrected chi connectivity index (χ1v) is 14.3. The second kappa shape index (κ2) is 11.0. The van der Waals surface area contributed by atoms with Crippen molar-refractivity contribution in [3.05, 3.63) is 94.5 Å². The van der Waals surface area contributed by atoms with Crippen molar-refractivity contribution in [3.63, 3.8) is 0 Å². The number of ether oxygens (including phenoxy) is 1. The van der Waals surface area contributed by atoms with Crippen LogP contribution < -0.4 is 10.0 Å². The molecule has 1 aromatic heterocycles. The largest absolute Gasteiger partial charge is 0.444 e. The molecule has 1 unspecified atom stereocenters. The van der Waals surface area contributed by atoms with Crippen molar-refractivity contribution < 1.29 is 22.7 Å². The Labute approximate surface area is 226 Å². The average Bonchev–Trinajstić information content (AvgIpc) is 3.30. The summed E-state index contributed by atoms with van der Waals surface area (Å²) >= 11 is 1.21. The second-order valence-electron chi connectivity index (χ2n) is 9.82.